The lowest BCUT2D eigenvalue weighted by Gasteiger charge is -2.48. The summed E-state index contributed by atoms with van der Waals surface area (Å²) in [7, 11) is 0. The van der Waals surface area contributed by atoms with Crippen LogP contribution in [0.3, 0.4) is 0 Å². The first kappa shape index (κ1) is 30.5. The second kappa shape index (κ2) is 14.1. The Hall–Kier alpha value is -2.49. The van der Waals surface area contributed by atoms with Crippen molar-refractivity contribution >= 4 is 23.4 Å². The largest absolute Gasteiger partial charge is 0.354 e. The normalized spacial score (nSPS) is 26.2. The van der Waals surface area contributed by atoms with Crippen molar-refractivity contribution in [2.45, 2.75) is 102 Å². The number of halogens is 1. The number of carbonyl (C=O) groups is 2. The number of carbonyl (C=O) groups excluding carboxylic acids is 2. The van der Waals surface area contributed by atoms with Gasteiger partial charge in [-0.1, -0.05) is 43.0 Å². The fourth-order valence-corrected chi connectivity index (χ4v) is 8.50. The summed E-state index contributed by atoms with van der Waals surface area (Å²) in [6.07, 6.45) is 16.9. The third-order valence-electron chi connectivity index (χ3n) is 10.9. The van der Waals surface area contributed by atoms with Gasteiger partial charge in [0.15, 0.2) is 0 Å². The lowest BCUT2D eigenvalue weighted by molar-refractivity contribution is -0.137. The molecule has 1 aromatic heterocycles. The van der Waals surface area contributed by atoms with Crippen LogP contribution in [0.1, 0.15) is 76.2 Å². The van der Waals surface area contributed by atoms with Gasteiger partial charge in [-0.2, -0.15) is 5.10 Å². The van der Waals surface area contributed by atoms with Gasteiger partial charge >= 0.3 is 0 Å². The summed E-state index contributed by atoms with van der Waals surface area (Å²) < 4.78 is 2.02. The summed E-state index contributed by atoms with van der Waals surface area (Å²) in [5, 5.41) is 12.0. The quantitative estimate of drug-likeness (QED) is 0.445. The lowest BCUT2D eigenvalue weighted by atomic mass is 9.63. The number of rotatable bonds is 9. The van der Waals surface area contributed by atoms with Crippen LogP contribution in [0.25, 0.3) is 0 Å². The Labute approximate surface area is 261 Å². The van der Waals surface area contributed by atoms with Crippen LogP contribution in [0.5, 0.6) is 0 Å². The van der Waals surface area contributed by atoms with E-state index < -0.39 is 0 Å². The van der Waals surface area contributed by atoms with Crippen molar-refractivity contribution in [1.82, 2.24) is 35.2 Å². The Morgan fingerprint density at radius 1 is 1.02 bits per heavy atom. The SMILES string of the molecule is O=C1CN([C@H]2CC[C@H](N[C@H](Cc3ccc(Cl)cc3)C(=O)N3CCC(Cn4cncn4)(C4CCCCC4)CC3)CC2)CCN1. The number of nitrogens with one attached hydrogen (secondary N) is 2. The highest BCUT2D eigenvalue weighted by molar-refractivity contribution is 6.30. The van der Waals surface area contributed by atoms with Gasteiger partial charge < -0.3 is 15.5 Å². The Bertz CT molecular complexity index is 1180. The van der Waals surface area contributed by atoms with Crippen molar-refractivity contribution in [3.05, 3.63) is 47.5 Å². The first-order valence-electron chi connectivity index (χ1n) is 16.6. The van der Waals surface area contributed by atoms with E-state index >= 15 is 0 Å². The fraction of sp³-hybridized carbons (Fsp3) is 0.697. The number of piperidine rings is 1. The lowest BCUT2D eigenvalue weighted by Crippen LogP contribution is -2.56. The number of aromatic nitrogens is 3. The van der Waals surface area contributed by atoms with Crippen LogP contribution in [0.15, 0.2) is 36.9 Å². The minimum absolute atomic E-state index is 0.135. The second-order valence-electron chi connectivity index (χ2n) is 13.5. The van der Waals surface area contributed by atoms with E-state index in [0.717, 1.165) is 76.8 Å². The summed E-state index contributed by atoms with van der Waals surface area (Å²) in [6.45, 7) is 4.67. The highest BCUT2D eigenvalue weighted by Crippen LogP contribution is 2.47. The molecule has 3 heterocycles. The van der Waals surface area contributed by atoms with Gasteiger partial charge in [0.1, 0.15) is 12.7 Å². The van der Waals surface area contributed by atoms with Crippen LogP contribution in [-0.2, 0) is 22.6 Å². The Morgan fingerprint density at radius 3 is 2.44 bits per heavy atom. The number of likely N-dealkylation sites (tertiary alicyclic amines) is 1. The van der Waals surface area contributed by atoms with Crippen molar-refractivity contribution in [3.8, 4) is 0 Å². The van der Waals surface area contributed by atoms with Gasteiger partial charge in [-0.05, 0) is 86.8 Å². The summed E-state index contributed by atoms with van der Waals surface area (Å²) >= 11 is 6.19. The van der Waals surface area contributed by atoms with Gasteiger partial charge in [0, 0.05) is 49.8 Å². The molecule has 43 heavy (non-hydrogen) atoms. The van der Waals surface area contributed by atoms with E-state index in [1.54, 1.807) is 6.33 Å². The number of benzene rings is 1. The molecule has 2 N–H and O–H groups in total. The zero-order valence-electron chi connectivity index (χ0n) is 25.4. The monoisotopic (exact) mass is 609 g/mol. The van der Waals surface area contributed by atoms with Crippen LogP contribution in [0.4, 0.5) is 0 Å². The molecule has 234 valence electrons. The molecule has 2 saturated heterocycles. The van der Waals surface area contributed by atoms with Crippen molar-refractivity contribution in [1.29, 1.82) is 0 Å². The van der Waals surface area contributed by atoms with Crippen LogP contribution >= 0.6 is 11.6 Å². The van der Waals surface area contributed by atoms with E-state index in [9.17, 15) is 9.59 Å². The molecule has 0 bridgehead atoms. The second-order valence-corrected chi connectivity index (χ2v) is 13.9. The Morgan fingerprint density at radius 2 is 1.77 bits per heavy atom. The van der Waals surface area contributed by atoms with Gasteiger partial charge in [0.25, 0.3) is 0 Å². The third kappa shape index (κ3) is 7.60. The van der Waals surface area contributed by atoms with Gasteiger partial charge in [0.2, 0.25) is 11.8 Å². The predicted molar refractivity (Wildman–Crippen MR) is 168 cm³/mol. The number of hydrogen-bond donors (Lipinski definition) is 2. The van der Waals surface area contributed by atoms with E-state index in [2.05, 4.69) is 30.5 Å². The van der Waals surface area contributed by atoms with Crippen molar-refractivity contribution < 1.29 is 9.59 Å². The maximum absolute atomic E-state index is 14.3. The summed E-state index contributed by atoms with van der Waals surface area (Å²) in [5.41, 5.74) is 1.30. The molecule has 2 aliphatic heterocycles. The highest BCUT2D eigenvalue weighted by atomic mass is 35.5. The molecule has 2 aliphatic carbocycles. The van der Waals surface area contributed by atoms with Gasteiger partial charge in [-0.3, -0.25) is 19.2 Å². The highest BCUT2D eigenvalue weighted by Gasteiger charge is 2.44. The Kier molecular flexibility index (Phi) is 10.00. The Balaban J connectivity index is 1.11. The molecule has 2 saturated carbocycles. The van der Waals surface area contributed by atoms with Crippen molar-refractivity contribution in [2.75, 3.05) is 32.7 Å². The molecule has 4 aliphatic rings. The number of nitrogens with zero attached hydrogens (tertiary/aromatic N) is 5. The molecule has 2 aromatic rings. The number of hydrogen-bond acceptors (Lipinski definition) is 6. The number of piperazine rings is 1. The van der Waals surface area contributed by atoms with Crippen molar-refractivity contribution in [2.24, 2.45) is 11.3 Å². The topological polar surface area (TPSA) is 95.4 Å². The van der Waals surface area contributed by atoms with E-state index in [1.165, 1.54) is 32.1 Å². The van der Waals surface area contributed by atoms with Gasteiger partial charge in [0.05, 0.1) is 12.6 Å². The molecule has 2 amide bonds. The molecule has 1 aromatic carbocycles. The predicted octanol–water partition coefficient (Wildman–Crippen LogP) is 4.06. The maximum atomic E-state index is 14.3. The molecule has 6 rings (SSSR count). The zero-order chi connectivity index (χ0) is 29.6. The average Bonchev–Trinajstić information content (AvgIpc) is 3.55. The first-order valence-corrected chi connectivity index (χ1v) is 17.0. The molecule has 10 heteroatoms. The average molecular weight is 610 g/mol. The van der Waals surface area contributed by atoms with Crippen LogP contribution in [0, 0.1) is 11.3 Å². The van der Waals surface area contributed by atoms with Crippen LogP contribution < -0.4 is 10.6 Å². The zero-order valence-corrected chi connectivity index (χ0v) is 26.2. The summed E-state index contributed by atoms with van der Waals surface area (Å²) in [4.78, 5) is 34.9. The minimum atomic E-state index is -0.263. The number of amides is 2. The molecular weight excluding hydrogens is 562 g/mol. The summed E-state index contributed by atoms with van der Waals surface area (Å²) in [5.74, 6) is 1.05. The molecule has 9 nitrogen and oxygen atoms in total. The maximum Gasteiger partial charge on any atom is 0.240 e. The molecule has 0 spiro atoms. The van der Waals surface area contributed by atoms with E-state index in [-0.39, 0.29) is 23.3 Å². The third-order valence-corrected chi connectivity index (χ3v) is 11.1. The molecule has 0 unspecified atom stereocenters. The van der Waals surface area contributed by atoms with E-state index in [0.29, 0.717) is 36.0 Å². The first-order chi connectivity index (χ1) is 21.0. The standard InChI is InChI=1S/C33H48ClN7O2/c34-27-8-6-25(7-9-27)20-30(38-28-10-12-29(13-11-28)40-19-16-36-31(42)21-40)32(43)39-17-14-33(15-18-39,22-41-24-35-23-37-41)26-4-2-1-3-5-26/h6-9,23-24,26,28-30,38H,1-5,10-22H2,(H,36,42)/t28-,29-,30-/m1/s1. The van der Waals surface area contributed by atoms with E-state index in [4.69, 9.17) is 11.6 Å². The smallest absolute Gasteiger partial charge is 0.240 e. The van der Waals surface area contributed by atoms with Gasteiger partial charge in [-0.15, -0.1) is 0 Å². The molecular formula is C33H48ClN7O2. The minimum Gasteiger partial charge on any atom is -0.354 e. The summed E-state index contributed by atoms with van der Waals surface area (Å²) in [6, 6.07) is 8.42. The van der Waals surface area contributed by atoms with Gasteiger partial charge in [-0.25, -0.2) is 4.98 Å². The van der Waals surface area contributed by atoms with E-state index in [1.807, 2.05) is 35.3 Å². The van der Waals surface area contributed by atoms with Crippen LogP contribution in [-0.4, -0.2) is 87.2 Å². The molecule has 1 atom stereocenters. The van der Waals surface area contributed by atoms with Crippen molar-refractivity contribution in [3.63, 3.8) is 0 Å². The molecule has 0 radical (unpaired) electrons. The fourth-order valence-electron chi connectivity index (χ4n) is 8.38. The molecule has 4 fully saturated rings. The van der Waals surface area contributed by atoms with Crippen LogP contribution in [0.2, 0.25) is 5.02 Å².